The van der Waals surface area contributed by atoms with E-state index in [0.717, 1.165) is 6.42 Å². The number of rotatable bonds is 4. The summed E-state index contributed by atoms with van der Waals surface area (Å²) >= 11 is 0. The number of nitrogens with zero attached hydrogens (tertiary/aromatic N) is 4. The van der Waals surface area contributed by atoms with Crippen LogP contribution in [0.4, 0.5) is 0 Å². The summed E-state index contributed by atoms with van der Waals surface area (Å²) in [6.07, 6.45) is 2.20. The van der Waals surface area contributed by atoms with Crippen LogP contribution in [0, 0.1) is 0 Å². The summed E-state index contributed by atoms with van der Waals surface area (Å²) in [4.78, 5) is 25.1. The SMILES string of the molecule is CC1CC(c2ccccc2)CN1C(=O)Cn1cc(C(=O)O)nn1. The second-order valence-electron chi connectivity index (χ2n) is 5.84. The van der Waals surface area contributed by atoms with Crippen LogP contribution in [0.3, 0.4) is 0 Å². The Morgan fingerprint density at radius 2 is 2.04 bits per heavy atom. The van der Waals surface area contributed by atoms with Crippen molar-refractivity contribution in [1.29, 1.82) is 0 Å². The van der Waals surface area contributed by atoms with E-state index in [4.69, 9.17) is 5.11 Å². The lowest BCUT2D eigenvalue weighted by molar-refractivity contribution is -0.132. The Morgan fingerprint density at radius 3 is 2.70 bits per heavy atom. The molecule has 1 aromatic carbocycles. The molecule has 1 amide bonds. The average molecular weight is 314 g/mol. The second kappa shape index (κ2) is 6.20. The van der Waals surface area contributed by atoms with Crippen LogP contribution in [0.1, 0.15) is 35.3 Å². The molecular formula is C16H18N4O3. The molecule has 0 aliphatic carbocycles. The molecule has 3 rings (SSSR count). The van der Waals surface area contributed by atoms with Crippen LogP contribution in [-0.2, 0) is 11.3 Å². The van der Waals surface area contributed by atoms with Gasteiger partial charge in [0.15, 0.2) is 5.69 Å². The topological polar surface area (TPSA) is 88.3 Å². The molecule has 2 aromatic rings. The van der Waals surface area contributed by atoms with Crippen LogP contribution in [0.25, 0.3) is 0 Å². The highest BCUT2D eigenvalue weighted by Crippen LogP contribution is 2.31. The molecule has 2 atom stereocenters. The average Bonchev–Trinajstić information content (AvgIpc) is 3.15. The van der Waals surface area contributed by atoms with Crippen molar-refractivity contribution < 1.29 is 14.7 Å². The number of hydrogen-bond acceptors (Lipinski definition) is 4. The largest absolute Gasteiger partial charge is 0.476 e. The molecule has 7 heteroatoms. The Kier molecular flexibility index (Phi) is 4.10. The highest BCUT2D eigenvalue weighted by molar-refractivity contribution is 5.84. The maximum absolute atomic E-state index is 12.5. The standard InChI is InChI=1S/C16H18N4O3/c1-11-7-13(12-5-3-2-4-6-12)8-20(11)15(21)10-19-9-14(16(22)23)17-18-19/h2-6,9,11,13H,7-8,10H2,1H3,(H,22,23). The molecule has 2 unspecified atom stereocenters. The zero-order chi connectivity index (χ0) is 16.4. The fourth-order valence-electron chi connectivity index (χ4n) is 3.05. The summed E-state index contributed by atoms with van der Waals surface area (Å²) in [7, 11) is 0. The molecule has 0 bridgehead atoms. The highest BCUT2D eigenvalue weighted by atomic mass is 16.4. The lowest BCUT2D eigenvalue weighted by Gasteiger charge is -2.21. The van der Waals surface area contributed by atoms with Gasteiger partial charge in [-0.2, -0.15) is 0 Å². The maximum atomic E-state index is 12.5. The molecule has 1 aromatic heterocycles. The predicted octanol–water partition coefficient (Wildman–Crippen LogP) is 1.38. The molecular weight excluding hydrogens is 296 g/mol. The van der Waals surface area contributed by atoms with Crippen molar-refractivity contribution >= 4 is 11.9 Å². The highest BCUT2D eigenvalue weighted by Gasteiger charge is 2.33. The predicted molar refractivity (Wildman–Crippen MR) is 82.0 cm³/mol. The minimum Gasteiger partial charge on any atom is -0.476 e. The van der Waals surface area contributed by atoms with E-state index in [1.54, 1.807) is 0 Å². The van der Waals surface area contributed by atoms with Crippen LogP contribution < -0.4 is 0 Å². The number of carboxylic acid groups (broad SMARTS) is 1. The third-order valence-corrected chi connectivity index (χ3v) is 4.22. The van der Waals surface area contributed by atoms with Gasteiger partial charge in [0, 0.05) is 18.5 Å². The molecule has 120 valence electrons. The smallest absolute Gasteiger partial charge is 0.358 e. The van der Waals surface area contributed by atoms with Crippen molar-refractivity contribution in [3.8, 4) is 0 Å². The summed E-state index contributed by atoms with van der Waals surface area (Å²) in [6, 6.07) is 10.3. The number of likely N-dealkylation sites (tertiary alicyclic amines) is 1. The molecule has 1 N–H and O–H groups in total. The third kappa shape index (κ3) is 3.23. The Labute approximate surface area is 133 Å². The zero-order valence-electron chi connectivity index (χ0n) is 12.8. The molecule has 1 saturated heterocycles. The van der Waals surface area contributed by atoms with Gasteiger partial charge in [-0.15, -0.1) is 5.10 Å². The van der Waals surface area contributed by atoms with E-state index in [9.17, 15) is 9.59 Å². The zero-order valence-corrected chi connectivity index (χ0v) is 12.8. The lowest BCUT2D eigenvalue weighted by atomic mass is 9.97. The van der Waals surface area contributed by atoms with Gasteiger partial charge in [-0.3, -0.25) is 4.79 Å². The van der Waals surface area contributed by atoms with Crippen LogP contribution in [0.5, 0.6) is 0 Å². The van der Waals surface area contributed by atoms with Crippen LogP contribution in [0.15, 0.2) is 36.5 Å². The number of carbonyl (C=O) groups excluding carboxylic acids is 1. The second-order valence-corrected chi connectivity index (χ2v) is 5.84. The van der Waals surface area contributed by atoms with Gasteiger partial charge in [0.2, 0.25) is 5.91 Å². The van der Waals surface area contributed by atoms with Crippen molar-refractivity contribution in [2.24, 2.45) is 0 Å². The summed E-state index contributed by atoms with van der Waals surface area (Å²) in [5.41, 5.74) is 1.08. The molecule has 1 aliphatic heterocycles. The maximum Gasteiger partial charge on any atom is 0.358 e. The Morgan fingerprint density at radius 1 is 1.30 bits per heavy atom. The van der Waals surface area contributed by atoms with Gasteiger partial charge in [-0.1, -0.05) is 35.5 Å². The van der Waals surface area contributed by atoms with E-state index in [-0.39, 0.29) is 24.2 Å². The van der Waals surface area contributed by atoms with Gasteiger partial charge in [-0.05, 0) is 18.9 Å². The number of aromatic carboxylic acids is 1. The third-order valence-electron chi connectivity index (χ3n) is 4.22. The first-order valence-corrected chi connectivity index (χ1v) is 7.52. The first kappa shape index (κ1) is 15.2. The van der Waals surface area contributed by atoms with Crippen LogP contribution in [-0.4, -0.2) is 49.5 Å². The van der Waals surface area contributed by atoms with Crippen LogP contribution >= 0.6 is 0 Å². The first-order valence-electron chi connectivity index (χ1n) is 7.52. The van der Waals surface area contributed by atoms with Gasteiger partial charge < -0.3 is 10.0 Å². The van der Waals surface area contributed by atoms with Crippen molar-refractivity contribution in [3.05, 3.63) is 47.8 Å². The number of benzene rings is 1. The number of aromatic nitrogens is 3. The van der Waals surface area contributed by atoms with E-state index < -0.39 is 5.97 Å². The monoisotopic (exact) mass is 314 g/mol. The van der Waals surface area contributed by atoms with E-state index in [2.05, 4.69) is 22.4 Å². The van der Waals surface area contributed by atoms with E-state index in [0.29, 0.717) is 12.5 Å². The minimum atomic E-state index is -1.15. The molecule has 2 heterocycles. The lowest BCUT2D eigenvalue weighted by Crippen LogP contribution is -2.36. The number of carbonyl (C=O) groups is 2. The molecule has 0 spiro atoms. The van der Waals surface area contributed by atoms with Gasteiger partial charge >= 0.3 is 5.97 Å². The Bertz CT molecular complexity index is 713. The van der Waals surface area contributed by atoms with Gasteiger partial charge in [0.25, 0.3) is 0 Å². The molecule has 23 heavy (non-hydrogen) atoms. The van der Waals surface area contributed by atoms with E-state index in [1.807, 2.05) is 30.0 Å². The first-order chi connectivity index (χ1) is 11.0. The molecule has 0 radical (unpaired) electrons. The van der Waals surface area contributed by atoms with E-state index in [1.165, 1.54) is 16.4 Å². The summed E-state index contributed by atoms with van der Waals surface area (Å²) < 4.78 is 1.27. The van der Waals surface area contributed by atoms with E-state index >= 15 is 0 Å². The minimum absolute atomic E-state index is 0.00608. The van der Waals surface area contributed by atoms with Crippen molar-refractivity contribution in [2.75, 3.05) is 6.54 Å². The molecule has 0 saturated carbocycles. The summed E-state index contributed by atoms with van der Waals surface area (Å²) in [5, 5.41) is 16.0. The quantitative estimate of drug-likeness (QED) is 0.921. The Balaban J connectivity index is 1.66. The van der Waals surface area contributed by atoms with Gasteiger partial charge in [0.05, 0.1) is 6.20 Å². The molecule has 7 nitrogen and oxygen atoms in total. The molecule has 1 fully saturated rings. The van der Waals surface area contributed by atoms with Gasteiger partial charge in [-0.25, -0.2) is 9.48 Å². The number of carboxylic acids is 1. The summed E-state index contributed by atoms with van der Waals surface area (Å²) in [6.45, 7) is 2.71. The Hall–Kier alpha value is -2.70. The number of hydrogen-bond donors (Lipinski definition) is 1. The fourth-order valence-corrected chi connectivity index (χ4v) is 3.05. The normalized spacial score (nSPS) is 20.7. The molecule has 1 aliphatic rings. The number of amides is 1. The fraction of sp³-hybridized carbons (Fsp3) is 0.375. The van der Waals surface area contributed by atoms with Crippen molar-refractivity contribution in [1.82, 2.24) is 19.9 Å². The van der Waals surface area contributed by atoms with Crippen molar-refractivity contribution in [3.63, 3.8) is 0 Å². The van der Waals surface area contributed by atoms with Gasteiger partial charge in [0.1, 0.15) is 6.54 Å². The van der Waals surface area contributed by atoms with Crippen LogP contribution in [0.2, 0.25) is 0 Å². The van der Waals surface area contributed by atoms with Crippen molar-refractivity contribution in [2.45, 2.75) is 31.8 Å². The summed E-state index contributed by atoms with van der Waals surface area (Å²) in [5.74, 6) is -0.888.